The minimum atomic E-state index is -0.747. The van der Waals surface area contributed by atoms with Crippen LogP contribution in [0.2, 0.25) is 0 Å². The summed E-state index contributed by atoms with van der Waals surface area (Å²) in [5, 5.41) is 5.66. The number of Topliss-reactive ketones (excluding diaryl/α,β-unsaturated/α-hetero) is 1. The summed E-state index contributed by atoms with van der Waals surface area (Å²) in [6.45, 7) is 0. The van der Waals surface area contributed by atoms with Gasteiger partial charge in [0.25, 0.3) is 5.91 Å². The van der Waals surface area contributed by atoms with Crippen LogP contribution in [0.25, 0.3) is 0 Å². The molecule has 1 aliphatic rings. The van der Waals surface area contributed by atoms with Gasteiger partial charge in [0, 0.05) is 24.4 Å². The minimum Gasteiger partial charge on any atom is -0.369 e. The number of carbonyl (C=O) groups is 4. The molecule has 0 saturated heterocycles. The van der Waals surface area contributed by atoms with Crippen LogP contribution in [0, 0.1) is 5.92 Å². The molecule has 4 N–H and O–H groups in total. The van der Waals surface area contributed by atoms with Gasteiger partial charge in [0.15, 0.2) is 5.78 Å². The van der Waals surface area contributed by atoms with Crippen LogP contribution in [0.4, 0.5) is 0 Å². The molecule has 32 heavy (non-hydrogen) atoms. The van der Waals surface area contributed by atoms with E-state index >= 15 is 0 Å². The van der Waals surface area contributed by atoms with Gasteiger partial charge < -0.3 is 16.4 Å². The lowest BCUT2D eigenvalue weighted by molar-refractivity contribution is -0.127. The zero-order chi connectivity index (χ0) is 22.9. The summed E-state index contributed by atoms with van der Waals surface area (Å²) in [4.78, 5) is 49.5. The highest BCUT2D eigenvalue weighted by Gasteiger charge is 2.32. The Bertz CT molecular complexity index is 946. The zero-order valence-corrected chi connectivity index (χ0v) is 18.0. The summed E-state index contributed by atoms with van der Waals surface area (Å²) in [6, 6.07) is 17.1. The number of hydrogen-bond donors (Lipinski definition) is 3. The van der Waals surface area contributed by atoms with Gasteiger partial charge in [-0.25, -0.2) is 0 Å². The van der Waals surface area contributed by atoms with E-state index in [9.17, 15) is 19.2 Å². The molecule has 3 atom stereocenters. The SMILES string of the molecule is NC(=O)[C@@H]1CCC[C@H]1NC(=O)CCC(=O)[C@H](Cc1ccccc1)NC(=O)c1ccccc1. The largest absolute Gasteiger partial charge is 0.369 e. The molecule has 3 amide bonds. The Labute approximate surface area is 187 Å². The summed E-state index contributed by atoms with van der Waals surface area (Å²) in [5.74, 6) is -1.60. The molecule has 168 valence electrons. The number of amides is 3. The Morgan fingerprint density at radius 3 is 2.22 bits per heavy atom. The number of primary amides is 1. The fourth-order valence-corrected chi connectivity index (χ4v) is 4.09. The Morgan fingerprint density at radius 2 is 1.56 bits per heavy atom. The molecule has 0 heterocycles. The molecule has 2 aromatic rings. The van der Waals surface area contributed by atoms with Crippen LogP contribution in [-0.4, -0.2) is 35.6 Å². The first kappa shape index (κ1) is 23.2. The van der Waals surface area contributed by atoms with E-state index in [-0.39, 0.29) is 42.4 Å². The van der Waals surface area contributed by atoms with Gasteiger partial charge in [0.2, 0.25) is 11.8 Å². The van der Waals surface area contributed by atoms with Crippen molar-refractivity contribution in [3.63, 3.8) is 0 Å². The van der Waals surface area contributed by atoms with Gasteiger partial charge in [-0.15, -0.1) is 0 Å². The van der Waals surface area contributed by atoms with Gasteiger partial charge in [-0.2, -0.15) is 0 Å². The number of hydrogen-bond acceptors (Lipinski definition) is 4. The van der Waals surface area contributed by atoms with Gasteiger partial charge in [0.05, 0.1) is 12.0 Å². The Morgan fingerprint density at radius 1 is 0.906 bits per heavy atom. The third-order valence-corrected chi connectivity index (χ3v) is 5.84. The lowest BCUT2D eigenvalue weighted by Gasteiger charge is -2.20. The number of carbonyl (C=O) groups excluding carboxylic acids is 4. The fourth-order valence-electron chi connectivity index (χ4n) is 4.09. The molecule has 2 aromatic carbocycles. The Kier molecular flexibility index (Phi) is 8.14. The normalized spacial score (nSPS) is 18.5. The topological polar surface area (TPSA) is 118 Å². The quantitative estimate of drug-likeness (QED) is 0.530. The van der Waals surface area contributed by atoms with Gasteiger partial charge >= 0.3 is 0 Å². The summed E-state index contributed by atoms with van der Waals surface area (Å²) in [6.07, 6.45) is 2.54. The molecule has 1 saturated carbocycles. The van der Waals surface area contributed by atoms with E-state index in [0.717, 1.165) is 12.0 Å². The van der Waals surface area contributed by atoms with Crippen LogP contribution in [0.1, 0.15) is 48.0 Å². The number of rotatable bonds is 10. The second-order valence-electron chi connectivity index (χ2n) is 8.16. The third-order valence-electron chi connectivity index (χ3n) is 5.84. The predicted octanol–water partition coefficient (Wildman–Crippen LogP) is 2.15. The smallest absolute Gasteiger partial charge is 0.251 e. The molecule has 1 aliphatic carbocycles. The van der Waals surface area contributed by atoms with E-state index in [2.05, 4.69) is 10.6 Å². The summed E-state index contributed by atoms with van der Waals surface area (Å²) in [7, 11) is 0. The molecule has 0 unspecified atom stereocenters. The van der Waals surface area contributed by atoms with Crippen molar-refractivity contribution >= 4 is 23.5 Å². The Balaban J connectivity index is 1.60. The van der Waals surface area contributed by atoms with E-state index in [1.54, 1.807) is 24.3 Å². The maximum Gasteiger partial charge on any atom is 0.251 e. The van der Waals surface area contributed by atoms with E-state index in [1.807, 2.05) is 36.4 Å². The highest BCUT2D eigenvalue weighted by atomic mass is 16.2. The van der Waals surface area contributed by atoms with Crippen molar-refractivity contribution in [1.29, 1.82) is 0 Å². The van der Waals surface area contributed by atoms with Gasteiger partial charge in [-0.05, 0) is 37.0 Å². The average Bonchev–Trinajstić information content (AvgIpc) is 3.26. The first-order valence-corrected chi connectivity index (χ1v) is 10.9. The van der Waals surface area contributed by atoms with Crippen LogP contribution in [0.3, 0.4) is 0 Å². The standard InChI is InChI=1S/C25H29N3O4/c26-24(31)19-12-7-13-20(19)27-23(30)15-14-22(29)21(16-17-8-3-1-4-9-17)28-25(32)18-10-5-2-6-11-18/h1-6,8-11,19-21H,7,12-16H2,(H2,26,31)(H,27,30)(H,28,32)/t19-,20-,21+/m1/s1. The zero-order valence-electron chi connectivity index (χ0n) is 18.0. The van der Waals surface area contributed by atoms with Gasteiger partial charge in [-0.3, -0.25) is 19.2 Å². The second kappa shape index (κ2) is 11.2. The third kappa shape index (κ3) is 6.51. The second-order valence-corrected chi connectivity index (χ2v) is 8.16. The van der Waals surface area contributed by atoms with E-state index in [1.165, 1.54) is 0 Å². The highest BCUT2D eigenvalue weighted by Crippen LogP contribution is 2.25. The first-order valence-electron chi connectivity index (χ1n) is 10.9. The lowest BCUT2D eigenvalue weighted by atomic mass is 9.98. The average molecular weight is 436 g/mol. The van der Waals surface area contributed by atoms with Crippen LogP contribution < -0.4 is 16.4 Å². The van der Waals surface area contributed by atoms with Crippen LogP contribution in [0.5, 0.6) is 0 Å². The molecule has 0 bridgehead atoms. The van der Waals surface area contributed by atoms with Crippen molar-refractivity contribution in [2.75, 3.05) is 0 Å². The number of ketones is 1. The van der Waals surface area contributed by atoms with Crippen molar-refractivity contribution in [2.45, 2.75) is 50.6 Å². The molecule has 1 fully saturated rings. The van der Waals surface area contributed by atoms with E-state index in [0.29, 0.717) is 24.8 Å². The van der Waals surface area contributed by atoms with E-state index < -0.39 is 11.9 Å². The molecule has 0 aliphatic heterocycles. The summed E-state index contributed by atoms with van der Waals surface area (Å²) in [5.41, 5.74) is 6.79. The van der Waals surface area contributed by atoms with Crippen molar-refractivity contribution in [3.05, 3.63) is 71.8 Å². The minimum absolute atomic E-state index is 0.00663. The monoisotopic (exact) mass is 435 g/mol. The molecule has 0 spiro atoms. The fraction of sp³-hybridized carbons (Fsp3) is 0.360. The maximum atomic E-state index is 13.0. The maximum absolute atomic E-state index is 13.0. The lowest BCUT2D eigenvalue weighted by Crippen LogP contribution is -2.44. The van der Waals surface area contributed by atoms with Crippen LogP contribution in [0.15, 0.2) is 60.7 Å². The number of nitrogens with two attached hydrogens (primary N) is 1. The molecule has 7 heteroatoms. The van der Waals surface area contributed by atoms with Gasteiger partial charge in [-0.1, -0.05) is 55.0 Å². The molecule has 3 rings (SSSR count). The van der Waals surface area contributed by atoms with Crippen molar-refractivity contribution in [1.82, 2.24) is 10.6 Å². The van der Waals surface area contributed by atoms with Crippen molar-refractivity contribution < 1.29 is 19.2 Å². The van der Waals surface area contributed by atoms with Crippen molar-refractivity contribution in [2.24, 2.45) is 11.7 Å². The highest BCUT2D eigenvalue weighted by molar-refractivity contribution is 5.98. The molecule has 7 nitrogen and oxygen atoms in total. The van der Waals surface area contributed by atoms with Gasteiger partial charge in [0.1, 0.15) is 0 Å². The summed E-state index contributed by atoms with van der Waals surface area (Å²) >= 11 is 0. The number of benzene rings is 2. The summed E-state index contributed by atoms with van der Waals surface area (Å²) < 4.78 is 0. The van der Waals surface area contributed by atoms with Crippen LogP contribution >= 0.6 is 0 Å². The molecular formula is C25H29N3O4. The number of nitrogens with one attached hydrogen (secondary N) is 2. The van der Waals surface area contributed by atoms with Crippen LogP contribution in [-0.2, 0) is 20.8 Å². The Hall–Kier alpha value is -3.48. The molecular weight excluding hydrogens is 406 g/mol. The molecule has 0 aromatic heterocycles. The first-order chi connectivity index (χ1) is 15.4. The van der Waals surface area contributed by atoms with Crippen molar-refractivity contribution in [3.8, 4) is 0 Å². The molecule has 0 radical (unpaired) electrons. The predicted molar refractivity (Wildman–Crippen MR) is 121 cm³/mol. The van der Waals surface area contributed by atoms with E-state index in [4.69, 9.17) is 5.73 Å².